The summed E-state index contributed by atoms with van der Waals surface area (Å²) in [7, 11) is -1.32. The molecule has 0 aliphatic carbocycles. The number of likely N-dealkylation sites (N-methyl/N-ethyl adjacent to an activating group) is 1. The first-order chi connectivity index (χ1) is 10.4. The normalized spacial score (nSPS) is 19.6. The number of hydrogen-bond donors (Lipinski definition) is 1. The van der Waals surface area contributed by atoms with Crippen LogP contribution in [0.1, 0.15) is 12.0 Å². The summed E-state index contributed by atoms with van der Waals surface area (Å²) in [5.41, 5.74) is 1.16. The first-order valence-corrected chi connectivity index (χ1v) is 9.09. The standard InChI is InChI=1S/C15H22N2O4S/c1-12-3-5-14(6-4-12)21-9-8-17(2)15(18)16-13-7-10-22(19,20)11-13/h3-6,13H,7-11H2,1-2H3,(H,16,18)/t13-/m0/s1. The van der Waals surface area contributed by atoms with Crippen LogP contribution in [0.4, 0.5) is 4.79 Å². The van der Waals surface area contributed by atoms with Crippen molar-refractivity contribution in [3.05, 3.63) is 29.8 Å². The molecule has 6 nitrogen and oxygen atoms in total. The highest BCUT2D eigenvalue weighted by atomic mass is 32.2. The molecule has 22 heavy (non-hydrogen) atoms. The maximum Gasteiger partial charge on any atom is 0.317 e. The third kappa shape index (κ3) is 4.91. The van der Waals surface area contributed by atoms with E-state index in [-0.39, 0.29) is 23.6 Å². The number of hydrogen-bond acceptors (Lipinski definition) is 4. The van der Waals surface area contributed by atoms with Crippen molar-refractivity contribution in [2.75, 3.05) is 31.7 Å². The van der Waals surface area contributed by atoms with Gasteiger partial charge in [0.25, 0.3) is 0 Å². The lowest BCUT2D eigenvalue weighted by Gasteiger charge is -2.20. The predicted octanol–water partition coefficient (Wildman–Crippen LogP) is 1.20. The SMILES string of the molecule is Cc1ccc(OCCN(C)C(=O)N[C@H]2CCS(=O)(=O)C2)cc1. The van der Waals surface area contributed by atoms with Gasteiger partial charge in [-0.2, -0.15) is 0 Å². The molecule has 0 unspecified atom stereocenters. The molecule has 2 rings (SSSR count). The summed E-state index contributed by atoms with van der Waals surface area (Å²) in [4.78, 5) is 13.5. The second-order valence-electron chi connectivity index (χ2n) is 5.63. The number of nitrogens with one attached hydrogen (secondary N) is 1. The lowest BCUT2D eigenvalue weighted by molar-refractivity contribution is 0.192. The quantitative estimate of drug-likeness (QED) is 0.882. The Morgan fingerprint density at radius 1 is 1.36 bits per heavy atom. The smallest absolute Gasteiger partial charge is 0.317 e. The molecule has 122 valence electrons. The molecule has 7 heteroatoms. The molecule has 1 aliphatic rings. The molecule has 1 N–H and O–H groups in total. The van der Waals surface area contributed by atoms with Crippen LogP contribution < -0.4 is 10.1 Å². The van der Waals surface area contributed by atoms with E-state index in [1.54, 1.807) is 7.05 Å². The number of aryl methyl sites for hydroxylation is 1. The van der Waals surface area contributed by atoms with Gasteiger partial charge in [-0.3, -0.25) is 0 Å². The number of urea groups is 1. The fourth-order valence-corrected chi connectivity index (χ4v) is 3.90. The Hall–Kier alpha value is -1.76. The van der Waals surface area contributed by atoms with E-state index in [9.17, 15) is 13.2 Å². The van der Waals surface area contributed by atoms with Crippen molar-refractivity contribution in [2.24, 2.45) is 0 Å². The number of benzene rings is 1. The molecule has 1 fully saturated rings. The Morgan fingerprint density at radius 3 is 2.64 bits per heavy atom. The first kappa shape index (κ1) is 16.6. The van der Waals surface area contributed by atoms with E-state index < -0.39 is 9.84 Å². The number of nitrogens with zero attached hydrogens (tertiary/aromatic N) is 1. The minimum absolute atomic E-state index is 0.0342. The molecule has 0 radical (unpaired) electrons. The molecule has 0 bridgehead atoms. The Kier molecular flexibility index (Phi) is 5.28. The van der Waals surface area contributed by atoms with Gasteiger partial charge in [-0.05, 0) is 25.5 Å². The second kappa shape index (κ2) is 7.00. The molecule has 0 spiro atoms. The van der Waals surface area contributed by atoms with Crippen LogP contribution in [0.15, 0.2) is 24.3 Å². The minimum atomic E-state index is -2.98. The Balaban J connectivity index is 1.71. The Labute approximate surface area is 131 Å². The average Bonchev–Trinajstić information content (AvgIpc) is 2.80. The van der Waals surface area contributed by atoms with Crippen LogP contribution in [-0.4, -0.2) is 57.1 Å². The van der Waals surface area contributed by atoms with Crippen molar-refractivity contribution in [1.29, 1.82) is 0 Å². The summed E-state index contributed by atoms with van der Waals surface area (Å²) in [6.45, 7) is 2.82. The third-order valence-corrected chi connectivity index (χ3v) is 5.39. The van der Waals surface area contributed by atoms with Crippen LogP contribution >= 0.6 is 0 Å². The number of rotatable bonds is 5. The fourth-order valence-electron chi connectivity index (χ4n) is 2.23. The zero-order valence-corrected chi connectivity index (χ0v) is 13.7. The van der Waals surface area contributed by atoms with Crippen LogP contribution in [0.2, 0.25) is 0 Å². The van der Waals surface area contributed by atoms with Crippen molar-refractivity contribution < 1.29 is 17.9 Å². The summed E-state index contributed by atoms with van der Waals surface area (Å²) >= 11 is 0. The molecule has 2 amide bonds. The van der Waals surface area contributed by atoms with Crippen LogP contribution in [0.5, 0.6) is 5.75 Å². The van der Waals surface area contributed by atoms with E-state index in [0.29, 0.717) is 19.6 Å². The van der Waals surface area contributed by atoms with Crippen molar-refractivity contribution in [2.45, 2.75) is 19.4 Å². The van der Waals surface area contributed by atoms with Gasteiger partial charge in [-0.1, -0.05) is 17.7 Å². The topological polar surface area (TPSA) is 75.7 Å². The van der Waals surface area contributed by atoms with Gasteiger partial charge < -0.3 is 15.0 Å². The maximum atomic E-state index is 12.0. The maximum absolute atomic E-state index is 12.0. The van der Waals surface area contributed by atoms with E-state index >= 15 is 0 Å². The average molecular weight is 326 g/mol. The van der Waals surface area contributed by atoms with Gasteiger partial charge in [-0.25, -0.2) is 13.2 Å². The predicted molar refractivity (Wildman–Crippen MR) is 84.9 cm³/mol. The summed E-state index contributed by atoms with van der Waals surface area (Å²) in [6.07, 6.45) is 0.488. The van der Waals surface area contributed by atoms with E-state index in [1.165, 1.54) is 4.90 Å². The molecule has 1 aromatic carbocycles. The van der Waals surface area contributed by atoms with Gasteiger partial charge >= 0.3 is 6.03 Å². The first-order valence-electron chi connectivity index (χ1n) is 7.27. The van der Waals surface area contributed by atoms with Crippen molar-refractivity contribution in [3.63, 3.8) is 0 Å². The van der Waals surface area contributed by atoms with Gasteiger partial charge in [0, 0.05) is 13.1 Å². The van der Waals surface area contributed by atoms with Gasteiger partial charge in [-0.15, -0.1) is 0 Å². The fraction of sp³-hybridized carbons (Fsp3) is 0.533. The summed E-state index contributed by atoms with van der Waals surface area (Å²) in [5, 5.41) is 2.74. The van der Waals surface area contributed by atoms with Crippen LogP contribution in [0.25, 0.3) is 0 Å². The van der Waals surface area contributed by atoms with Crippen LogP contribution in [0.3, 0.4) is 0 Å². The van der Waals surface area contributed by atoms with E-state index in [0.717, 1.165) is 11.3 Å². The van der Waals surface area contributed by atoms with Gasteiger partial charge in [0.15, 0.2) is 9.84 Å². The largest absolute Gasteiger partial charge is 0.492 e. The summed E-state index contributed by atoms with van der Waals surface area (Å²) < 4.78 is 28.3. The third-order valence-electron chi connectivity index (χ3n) is 3.62. The molecule has 0 aromatic heterocycles. The number of amides is 2. The zero-order chi connectivity index (χ0) is 16.2. The number of sulfone groups is 1. The highest BCUT2D eigenvalue weighted by molar-refractivity contribution is 7.91. The summed E-state index contributed by atoms with van der Waals surface area (Å²) in [5.74, 6) is 0.950. The zero-order valence-electron chi connectivity index (χ0n) is 12.9. The van der Waals surface area contributed by atoms with E-state index in [2.05, 4.69) is 5.32 Å². The Morgan fingerprint density at radius 2 is 2.05 bits per heavy atom. The van der Waals surface area contributed by atoms with E-state index in [4.69, 9.17) is 4.74 Å². The van der Waals surface area contributed by atoms with Gasteiger partial charge in [0.2, 0.25) is 0 Å². The molecular formula is C15H22N2O4S. The molecule has 1 atom stereocenters. The number of carbonyl (C=O) groups is 1. The molecule has 1 aliphatic heterocycles. The van der Waals surface area contributed by atoms with Gasteiger partial charge in [0.1, 0.15) is 12.4 Å². The molecule has 1 aromatic rings. The number of ether oxygens (including phenoxy) is 1. The van der Waals surface area contributed by atoms with Crippen LogP contribution in [-0.2, 0) is 9.84 Å². The monoisotopic (exact) mass is 326 g/mol. The lowest BCUT2D eigenvalue weighted by Crippen LogP contribution is -2.44. The van der Waals surface area contributed by atoms with Gasteiger partial charge in [0.05, 0.1) is 18.1 Å². The van der Waals surface area contributed by atoms with E-state index in [1.807, 2.05) is 31.2 Å². The highest BCUT2D eigenvalue weighted by Crippen LogP contribution is 2.12. The lowest BCUT2D eigenvalue weighted by atomic mass is 10.2. The van der Waals surface area contributed by atoms with Crippen molar-refractivity contribution in [3.8, 4) is 5.75 Å². The minimum Gasteiger partial charge on any atom is -0.492 e. The van der Waals surface area contributed by atoms with Crippen molar-refractivity contribution >= 4 is 15.9 Å². The van der Waals surface area contributed by atoms with Crippen LogP contribution in [0, 0.1) is 6.92 Å². The second-order valence-corrected chi connectivity index (χ2v) is 7.86. The molecule has 0 saturated carbocycles. The molecule has 1 heterocycles. The highest BCUT2D eigenvalue weighted by Gasteiger charge is 2.29. The molecule has 1 saturated heterocycles. The van der Waals surface area contributed by atoms with Crippen molar-refractivity contribution in [1.82, 2.24) is 10.2 Å². The summed E-state index contributed by atoms with van der Waals surface area (Å²) in [6, 6.07) is 7.16. The molecular weight excluding hydrogens is 304 g/mol. The Bertz CT molecular complexity index is 613. The number of carbonyl (C=O) groups excluding carboxylic acids is 1.